The van der Waals surface area contributed by atoms with Crippen molar-refractivity contribution in [3.05, 3.63) is 64.3 Å². The van der Waals surface area contributed by atoms with Crippen LogP contribution >= 0.6 is 0 Å². The molecule has 1 aliphatic carbocycles. The van der Waals surface area contributed by atoms with Crippen molar-refractivity contribution < 1.29 is 4.74 Å². The van der Waals surface area contributed by atoms with E-state index in [1.54, 1.807) is 19.5 Å². The van der Waals surface area contributed by atoms with Gasteiger partial charge in [0.05, 0.1) is 24.1 Å². The van der Waals surface area contributed by atoms with Crippen molar-refractivity contribution in [1.82, 2.24) is 14.8 Å². The first-order valence-electron chi connectivity index (χ1n) is 7.19. The number of hydrogen-bond donors (Lipinski definition) is 1. The van der Waals surface area contributed by atoms with Crippen molar-refractivity contribution in [2.24, 2.45) is 0 Å². The lowest BCUT2D eigenvalue weighted by atomic mass is 9.89. The molecule has 0 saturated heterocycles. The van der Waals surface area contributed by atoms with E-state index in [1.165, 1.54) is 5.56 Å². The fourth-order valence-corrected chi connectivity index (χ4v) is 3.08. The van der Waals surface area contributed by atoms with Crippen molar-refractivity contribution in [3.8, 4) is 22.6 Å². The van der Waals surface area contributed by atoms with E-state index in [0.29, 0.717) is 0 Å². The second-order valence-electron chi connectivity index (χ2n) is 5.33. The smallest absolute Gasteiger partial charge is 0.272 e. The number of hydrogen-bond acceptors (Lipinski definition) is 3. The lowest BCUT2D eigenvalue weighted by Crippen LogP contribution is -2.10. The maximum absolute atomic E-state index is 12.5. The maximum Gasteiger partial charge on any atom is 0.272 e. The number of ether oxygens (including phenoxy) is 1. The highest BCUT2D eigenvalue weighted by Gasteiger charge is 2.24. The first-order valence-corrected chi connectivity index (χ1v) is 7.19. The van der Waals surface area contributed by atoms with Crippen molar-refractivity contribution in [2.45, 2.75) is 12.8 Å². The minimum absolute atomic E-state index is 0.0685. The highest BCUT2D eigenvalue weighted by molar-refractivity contribution is 5.73. The molecule has 2 heterocycles. The first kappa shape index (κ1) is 12.9. The Morgan fingerprint density at radius 1 is 1.18 bits per heavy atom. The van der Waals surface area contributed by atoms with Crippen LogP contribution in [0.1, 0.15) is 11.3 Å². The zero-order valence-electron chi connectivity index (χ0n) is 12.2. The highest BCUT2D eigenvalue weighted by Crippen LogP contribution is 2.34. The lowest BCUT2D eigenvalue weighted by molar-refractivity contribution is 0.415. The van der Waals surface area contributed by atoms with Gasteiger partial charge in [0.15, 0.2) is 0 Å². The van der Waals surface area contributed by atoms with E-state index < -0.39 is 0 Å². The molecule has 1 aromatic carbocycles. The van der Waals surface area contributed by atoms with Crippen LogP contribution in [0.25, 0.3) is 16.8 Å². The van der Waals surface area contributed by atoms with Gasteiger partial charge in [-0.1, -0.05) is 6.07 Å². The van der Waals surface area contributed by atoms with E-state index >= 15 is 0 Å². The molecule has 0 fully saturated rings. The quantitative estimate of drug-likeness (QED) is 0.789. The summed E-state index contributed by atoms with van der Waals surface area (Å²) in [5.41, 5.74) is 4.76. The molecule has 0 bridgehead atoms. The summed E-state index contributed by atoms with van der Waals surface area (Å²) in [5, 5.41) is 2.94. The number of aryl methyl sites for hydroxylation is 1. The molecule has 1 aliphatic rings. The van der Waals surface area contributed by atoms with Gasteiger partial charge in [0.25, 0.3) is 5.56 Å². The van der Waals surface area contributed by atoms with Crippen LogP contribution in [-0.4, -0.2) is 21.9 Å². The highest BCUT2D eigenvalue weighted by atomic mass is 16.5. The number of H-pyrrole nitrogens is 1. The van der Waals surface area contributed by atoms with Gasteiger partial charge < -0.3 is 4.74 Å². The topological polar surface area (TPSA) is 59.9 Å². The van der Waals surface area contributed by atoms with Crippen LogP contribution in [0.5, 0.6) is 5.75 Å². The third-order valence-corrected chi connectivity index (χ3v) is 4.14. The number of benzene rings is 1. The van der Waals surface area contributed by atoms with Crippen molar-refractivity contribution >= 4 is 0 Å². The fraction of sp³-hybridized carbons (Fsp3) is 0.176. The van der Waals surface area contributed by atoms with Gasteiger partial charge in [-0.3, -0.25) is 19.6 Å². The van der Waals surface area contributed by atoms with Crippen LogP contribution in [0.2, 0.25) is 0 Å². The number of nitrogens with one attached hydrogen (secondary N) is 1. The van der Waals surface area contributed by atoms with Gasteiger partial charge in [0, 0.05) is 12.4 Å². The molecule has 0 spiro atoms. The Morgan fingerprint density at radius 3 is 2.77 bits per heavy atom. The third-order valence-electron chi connectivity index (χ3n) is 4.14. The molecule has 0 atom stereocenters. The van der Waals surface area contributed by atoms with E-state index in [9.17, 15) is 4.79 Å². The Balaban J connectivity index is 1.96. The van der Waals surface area contributed by atoms with Gasteiger partial charge in [-0.05, 0) is 48.2 Å². The van der Waals surface area contributed by atoms with Crippen molar-refractivity contribution in [2.75, 3.05) is 7.11 Å². The zero-order chi connectivity index (χ0) is 15.1. The monoisotopic (exact) mass is 293 g/mol. The van der Waals surface area contributed by atoms with E-state index in [4.69, 9.17) is 4.74 Å². The number of aromatic amines is 1. The Morgan fingerprint density at radius 2 is 2.00 bits per heavy atom. The summed E-state index contributed by atoms with van der Waals surface area (Å²) in [4.78, 5) is 16.5. The van der Waals surface area contributed by atoms with Gasteiger partial charge in [-0.15, -0.1) is 0 Å². The summed E-state index contributed by atoms with van der Waals surface area (Å²) in [7, 11) is 1.64. The Bertz CT molecular complexity index is 894. The Kier molecular flexibility index (Phi) is 2.85. The van der Waals surface area contributed by atoms with Gasteiger partial charge >= 0.3 is 0 Å². The molecule has 0 aliphatic heterocycles. The molecule has 1 N–H and O–H groups in total. The average Bonchev–Trinajstić information content (AvgIpc) is 2.92. The molecular formula is C17H15N3O2. The molecule has 110 valence electrons. The number of pyridine rings is 1. The van der Waals surface area contributed by atoms with Crippen LogP contribution in [0.3, 0.4) is 0 Å². The first-order chi connectivity index (χ1) is 10.8. The van der Waals surface area contributed by atoms with Gasteiger partial charge in [-0.25, -0.2) is 0 Å². The summed E-state index contributed by atoms with van der Waals surface area (Å²) in [6, 6.07) is 9.70. The van der Waals surface area contributed by atoms with E-state index in [-0.39, 0.29) is 5.56 Å². The van der Waals surface area contributed by atoms with Crippen molar-refractivity contribution in [1.29, 1.82) is 0 Å². The summed E-state index contributed by atoms with van der Waals surface area (Å²) in [5.74, 6) is 0.766. The predicted octanol–water partition coefficient (Wildman–Crippen LogP) is 2.33. The number of fused-ring (bicyclic) bond motifs is 3. The van der Waals surface area contributed by atoms with E-state index in [0.717, 1.165) is 41.1 Å². The minimum Gasteiger partial charge on any atom is -0.497 e. The SMILES string of the molecule is COc1ccc2c(c1)-c1c(n(-c3ccncc3)[nH]c1=O)CC2. The average molecular weight is 293 g/mol. The van der Waals surface area contributed by atoms with Crippen molar-refractivity contribution in [3.63, 3.8) is 0 Å². The fourth-order valence-electron chi connectivity index (χ4n) is 3.08. The largest absolute Gasteiger partial charge is 0.497 e. The standard InChI is InChI=1S/C17H15N3O2/c1-22-13-4-2-11-3-5-15-16(14(11)10-13)17(21)19-20(15)12-6-8-18-9-7-12/h2,4,6-10H,3,5H2,1H3,(H,19,21). The number of methoxy groups -OCH3 is 1. The molecule has 4 rings (SSSR count). The van der Waals surface area contributed by atoms with E-state index in [1.807, 2.05) is 35.0 Å². The molecule has 2 aromatic heterocycles. The molecule has 0 saturated carbocycles. The predicted molar refractivity (Wildman–Crippen MR) is 83.6 cm³/mol. The summed E-state index contributed by atoms with van der Waals surface area (Å²) < 4.78 is 7.16. The van der Waals surface area contributed by atoms with Crippen LogP contribution in [0.4, 0.5) is 0 Å². The number of nitrogens with zero attached hydrogens (tertiary/aromatic N) is 2. The van der Waals surface area contributed by atoms with Crippen LogP contribution < -0.4 is 10.3 Å². The van der Waals surface area contributed by atoms with E-state index in [2.05, 4.69) is 10.1 Å². The molecule has 5 nitrogen and oxygen atoms in total. The van der Waals surface area contributed by atoms with Gasteiger partial charge in [0.2, 0.25) is 0 Å². The normalized spacial score (nSPS) is 12.6. The van der Waals surface area contributed by atoms with Crippen LogP contribution in [0.15, 0.2) is 47.5 Å². The number of aromatic nitrogens is 3. The molecule has 22 heavy (non-hydrogen) atoms. The summed E-state index contributed by atoms with van der Waals surface area (Å²) in [6.07, 6.45) is 5.18. The molecule has 0 radical (unpaired) electrons. The second-order valence-corrected chi connectivity index (χ2v) is 5.33. The summed E-state index contributed by atoms with van der Waals surface area (Å²) >= 11 is 0. The summed E-state index contributed by atoms with van der Waals surface area (Å²) in [6.45, 7) is 0. The van der Waals surface area contributed by atoms with Gasteiger partial charge in [0.1, 0.15) is 5.75 Å². The second kappa shape index (κ2) is 4.87. The molecule has 0 amide bonds. The zero-order valence-corrected chi connectivity index (χ0v) is 12.2. The Labute approximate surface area is 127 Å². The van der Waals surface area contributed by atoms with Gasteiger partial charge in [-0.2, -0.15) is 0 Å². The third kappa shape index (κ3) is 1.86. The number of rotatable bonds is 2. The van der Waals surface area contributed by atoms with Crippen LogP contribution in [0, 0.1) is 0 Å². The Hall–Kier alpha value is -2.82. The molecular weight excluding hydrogens is 278 g/mol. The van der Waals surface area contributed by atoms with Crippen LogP contribution in [-0.2, 0) is 12.8 Å². The minimum atomic E-state index is -0.0685. The lowest BCUT2D eigenvalue weighted by Gasteiger charge is -2.18. The molecule has 3 aromatic rings. The molecule has 5 heteroatoms. The molecule has 0 unspecified atom stereocenters. The maximum atomic E-state index is 12.5.